The Morgan fingerprint density at radius 3 is 1.78 bits per heavy atom. The van der Waals surface area contributed by atoms with E-state index in [1.54, 1.807) is 0 Å². The average Bonchev–Trinajstić information content (AvgIpc) is 4.00. The smallest absolute Gasteiger partial charge is 0.159 e. The Balaban J connectivity index is 0.953. The lowest BCUT2D eigenvalue weighted by atomic mass is 9.87. The Labute approximate surface area is 420 Å². The van der Waals surface area contributed by atoms with E-state index < -0.39 is 0 Å². The first-order valence-electron chi connectivity index (χ1n) is 24.9. The van der Waals surface area contributed by atoms with E-state index >= 15 is 0 Å². The van der Waals surface area contributed by atoms with E-state index in [-0.39, 0.29) is 0 Å². The van der Waals surface area contributed by atoms with Crippen LogP contribution >= 0.6 is 0 Å². The molecule has 1 aliphatic heterocycles. The number of benzene rings is 12. The van der Waals surface area contributed by atoms with Crippen molar-refractivity contribution in [2.45, 2.75) is 13.8 Å². The van der Waals surface area contributed by atoms with E-state index in [1.807, 2.05) is 24.3 Å². The minimum atomic E-state index is 0.795. The van der Waals surface area contributed by atoms with Gasteiger partial charge in [-0.05, 0) is 131 Å². The zero-order chi connectivity index (χ0) is 48.3. The van der Waals surface area contributed by atoms with Crippen LogP contribution in [0.2, 0.25) is 0 Å². The molecule has 0 amide bonds. The molecule has 5 heteroatoms. The summed E-state index contributed by atoms with van der Waals surface area (Å²) in [5.41, 5.74) is 16.2. The van der Waals surface area contributed by atoms with Gasteiger partial charge in [0.15, 0.2) is 5.58 Å². The van der Waals surface area contributed by atoms with E-state index in [9.17, 15) is 0 Å². The molecule has 0 unspecified atom stereocenters. The molecule has 0 bridgehead atoms. The predicted octanol–water partition coefficient (Wildman–Crippen LogP) is 19.9. The Hall–Kier alpha value is -9.58. The van der Waals surface area contributed by atoms with Crippen molar-refractivity contribution >= 4 is 110 Å². The van der Waals surface area contributed by atoms with Crippen LogP contribution in [0.1, 0.15) is 11.1 Å². The molecular weight excluding hydrogens is 893 g/mol. The van der Waals surface area contributed by atoms with E-state index in [2.05, 4.69) is 230 Å². The molecule has 1 aliphatic rings. The molecule has 0 saturated heterocycles. The second kappa shape index (κ2) is 16.0. The molecule has 3 heterocycles. The van der Waals surface area contributed by atoms with Gasteiger partial charge < -0.3 is 23.4 Å². The van der Waals surface area contributed by atoms with Crippen molar-refractivity contribution in [3.8, 4) is 33.8 Å². The zero-order valence-corrected chi connectivity index (χ0v) is 40.1. The van der Waals surface area contributed by atoms with Crippen LogP contribution in [0, 0.1) is 13.8 Å². The number of anilines is 6. The number of rotatable bonds is 7. The summed E-state index contributed by atoms with van der Waals surface area (Å²) in [5, 5.41) is 11.3. The Kier molecular flexibility index (Phi) is 9.02. The summed E-state index contributed by atoms with van der Waals surface area (Å²) >= 11 is 0. The number of fused-ring (bicyclic) bond motifs is 12. The van der Waals surface area contributed by atoms with Crippen molar-refractivity contribution in [1.29, 1.82) is 0 Å². The van der Waals surface area contributed by atoms with Crippen molar-refractivity contribution in [2.24, 2.45) is 0 Å². The lowest BCUT2D eigenvalue weighted by Gasteiger charge is -2.30. The first-order valence-corrected chi connectivity index (χ1v) is 24.9. The molecule has 0 atom stereocenters. The van der Waals surface area contributed by atoms with E-state index in [1.165, 1.54) is 16.3 Å². The molecule has 0 spiro atoms. The molecule has 73 heavy (non-hydrogen) atoms. The van der Waals surface area contributed by atoms with E-state index in [0.717, 1.165) is 139 Å². The number of nitrogens with zero attached hydrogens (tertiary/aromatic N) is 2. The number of furan rings is 2. The van der Waals surface area contributed by atoms with Gasteiger partial charge in [-0.1, -0.05) is 145 Å². The lowest BCUT2D eigenvalue weighted by Crippen LogP contribution is -2.12. The van der Waals surface area contributed by atoms with E-state index in [0.29, 0.717) is 0 Å². The molecule has 0 N–H and O–H groups in total. The molecule has 0 aliphatic carbocycles. The first kappa shape index (κ1) is 41.2. The molecule has 0 radical (unpaired) electrons. The zero-order valence-electron chi connectivity index (χ0n) is 40.1. The summed E-state index contributed by atoms with van der Waals surface area (Å²) < 4.78 is 20.5. The topological polar surface area (TPSA) is 42.0 Å². The normalized spacial score (nSPS) is 12.1. The monoisotopic (exact) mass is 936 g/mol. The van der Waals surface area contributed by atoms with Gasteiger partial charge in [0.1, 0.15) is 28.2 Å². The summed E-state index contributed by atoms with van der Waals surface area (Å²) in [5.74, 6) is 1.64. The molecule has 0 saturated carbocycles. The van der Waals surface area contributed by atoms with Crippen LogP contribution in [-0.4, -0.2) is 0 Å². The average molecular weight is 937 g/mol. The minimum absolute atomic E-state index is 0.795. The molecule has 2 aromatic heterocycles. The highest BCUT2D eigenvalue weighted by Crippen LogP contribution is 2.54. The van der Waals surface area contributed by atoms with Crippen LogP contribution in [-0.2, 0) is 0 Å². The highest BCUT2D eigenvalue weighted by molar-refractivity contribution is 6.26. The fraction of sp³-hybridized carbons (Fsp3) is 0.0294. The first-order chi connectivity index (χ1) is 36.0. The van der Waals surface area contributed by atoms with Crippen LogP contribution < -0.4 is 14.5 Å². The number of aryl methyl sites for hydroxylation is 2. The summed E-state index contributed by atoms with van der Waals surface area (Å²) in [6.07, 6.45) is 0. The van der Waals surface area contributed by atoms with Crippen LogP contribution in [0.3, 0.4) is 0 Å². The van der Waals surface area contributed by atoms with Gasteiger partial charge in [0.25, 0.3) is 0 Å². The van der Waals surface area contributed by atoms with Crippen LogP contribution in [0.5, 0.6) is 11.5 Å². The molecule has 0 fully saturated rings. The number of para-hydroxylation sites is 5. The van der Waals surface area contributed by atoms with Crippen LogP contribution in [0.15, 0.2) is 239 Å². The predicted molar refractivity (Wildman–Crippen MR) is 303 cm³/mol. The number of hydrogen-bond acceptors (Lipinski definition) is 5. The van der Waals surface area contributed by atoms with Gasteiger partial charge in [0.2, 0.25) is 0 Å². The fourth-order valence-electron chi connectivity index (χ4n) is 11.6. The summed E-state index contributed by atoms with van der Waals surface area (Å²) in [6, 6.07) is 82.4. The van der Waals surface area contributed by atoms with Crippen molar-refractivity contribution in [2.75, 3.05) is 9.80 Å². The maximum absolute atomic E-state index is 7.21. The third-order valence-corrected chi connectivity index (χ3v) is 14.9. The minimum Gasteiger partial charge on any atom is -0.456 e. The number of hydrogen-bond donors (Lipinski definition) is 0. The van der Waals surface area contributed by atoms with Gasteiger partial charge >= 0.3 is 0 Å². The summed E-state index contributed by atoms with van der Waals surface area (Å²) in [7, 11) is 0. The maximum atomic E-state index is 7.21. The summed E-state index contributed by atoms with van der Waals surface area (Å²) in [4.78, 5) is 4.72. The molecule has 14 aromatic rings. The van der Waals surface area contributed by atoms with Gasteiger partial charge in [-0.3, -0.25) is 0 Å². The van der Waals surface area contributed by atoms with Gasteiger partial charge in [0, 0.05) is 67.0 Å². The van der Waals surface area contributed by atoms with E-state index in [4.69, 9.17) is 13.6 Å². The molecular formula is C68H44N2O3. The van der Waals surface area contributed by atoms with Crippen molar-refractivity contribution < 1.29 is 13.6 Å². The van der Waals surface area contributed by atoms with Crippen LogP contribution in [0.4, 0.5) is 34.1 Å². The largest absolute Gasteiger partial charge is 0.456 e. The standard InChI is InChI=1S/C68H44N2O3/c1-41-28-31-48-54(34-41)55-39-58-52-33-30-46(70(59-24-12-9-20-47(59)43-16-5-3-6-17-43)60-25-15-23-53-50-22-11-14-27-63(50)73-68(53)60)38-65(52)72-66-36-42(2)35-57(67(58)66)56(55)40-61(48)69(44-18-7-4-8-19-44)45-29-32-51-49-21-10-13-26-62(49)71-64(51)37-45/h3-40H,1-2H3. The van der Waals surface area contributed by atoms with Gasteiger partial charge in [-0.2, -0.15) is 0 Å². The Morgan fingerprint density at radius 1 is 0.301 bits per heavy atom. The highest BCUT2D eigenvalue weighted by atomic mass is 16.5. The molecule has 5 nitrogen and oxygen atoms in total. The molecule has 12 aromatic carbocycles. The fourth-order valence-corrected chi connectivity index (χ4v) is 11.6. The third-order valence-electron chi connectivity index (χ3n) is 14.9. The van der Waals surface area contributed by atoms with Crippen molar-refractivity contribution in [3.63, 3.8) is 0 Å². The summed E-state index contributed by atoms with van der Waals surface area (Å²) in [6.45, 7) is 4.36. The molecule has 15 rings (SSSR count). The third kappa shape index (κ3) is 6.42. The van der Waals surface area contributed by atoms with Gasteiger partial charge in [-0.25, -0.2) is 0 Å². The second-order valence-electron chi connectivity index (χ2n) is 19.4. The highest BCUT2D eigenvalue weighted by Gasteiger charge is 2.28. The van der Waals surface area contributed by atoms with Gasteiger partial charge in [-0.15, -0.1) is 0 Å². The van der Waals surface area contributed by atoms with Gasteiger partial charge in [0.05, 0.1) is 22.7 Å². The number of ether oxygens (including phenoxy) is 1. The molecule has 344 valence electrons. The maximum Gasteiger partial charge on any atom is 0.159 e. The SMILES string of the molecule is Cc1ccc2c(N(c3ccccc3)c3ccc4c(c3)oc3ccccc34)cc3c4cc(C)cc5c4c(cc3c2c1)-c1ccc(N(c2ccccc2-c2ccccc2)c2cccc3c2oc2ccccc23)cc1O5. The van der Waals surface area contributed by atoms with Crippen LogP contribution in [0.25, 0.3) is 98.4 Å². The quantitative estimate of drug-likeness (QED) is 0.149. The second-order valence-corrected chi connectivity index (χ2v) is 19.4. The lowest BCUT2D eigenvalue weighted by molar-refractivity contribution is 0.487. The van der Waals surface area contributed by atoms with Crippen molar-refractivity contribution in [3.05, 3.63) is 242 Å². The Bertz CT molecular complexity index is 4570. The van der Waals surface area contributed by atoms with Crippen molar-refractivity contribution in [1.82, 2.24) is 0 Å². The Morgan fingerprint density at radius 2 is 0.932 bits per heavy atom.